The first-order valence-electron chi connectivity index (χ1n) is 8.85. The molecule has 7 heteroatoms. The highest BCUT2D eigenvalue weighted by atomic mass is 32.2. The van der Waals surface area contributed by atoms with Gasteiger partial charge >= 0.3 is 0 Å². The van der Waals surface area contributed by atoms with Crippen LogP contribution in [0.5, 0.6) is 0 Å². The lowest BCUT2D eigenvalue weighted by Crippen LogP contribution is -2.31. The van der Waals surface area contributed by atoms with Gasteiger partial charge in [-0.1, -0.05) is 42.1 Å². The third-order valence-electron chi connectivity index (χ3n) is 4.47. The number of hydrogen-bond donors (Lipinski definition) is 1. The van der Waals surface area contributed by atoms with Crippen LogP contribution in [0.4, 0.5) is 5.82 Å². The fourth-order valence-electron chi connectivity index (χ4n) is 3.04. The summed E-state index contributed by atoms with van der Waals surface area (Å²) in [4.78, 5) is 15.4. The lowest BCUT2D eigenvalue weighted by Gasteiger charge is -2.29. The first-order chi connectivity index (χ1) is 13.3. The smallest absolute Gasteiger partial charge is 0.230 e. The quantitative estimate of drug-likeness (QED) is 0.646. The molecule has 0 spiro atoms. The van der Waals surface area contributed by atoms with Crippen LogP contribution in [-0.4, -0.2) is 28.4 Å². The molecule has 1 aromatic carbocycles. The molecule has 27 heavy (non-hydrogen) atoms. The van der Waals surface area contributed by atoms with Crippen molar-refractivity contribution in [2.45, 2.75) is 24.5 Å². The van der Waals surface area contributed by atoms with Gasteiger partial charge in [-0.05, 0) is 41.1 Å². The molecule has 0 unspecified atom stereocenters. The van der Waals surface area contributed by atoms with Crippen molar-refractivity contribution in [3.8, 4) is 0 Å². The van der Waals surface area contributed by atoms with E-state index in [2.05, 4.69) is 44.7 Å². The molecule has 0 saturated carbocycles. The number of benzene rings is 1. The fraction of sp³-hybridized carbons (Fsp3) is 0.250. The third kappa shape index (κ3) is 4.67. The van der Waals surface area contributed by atoms with Crippen LogP contribution < -0.4 is 10.2 Å². The number of thioether (sulfide) groups is 1. The Hall–Kier alpha value is -2.38. The second kappa shape index (κ2) is 8.54. The molecular formula is C20H20N4OS2. The number of nitrogens with one attached hydrogen (secondary N) is 1. The van der Waals surface area contributed by atoms with Gasteiger partial charge in [0.05, 0.1) is 12.3 Å². The lowest BCUT2D eigenvalue weighted by molar-refractivity contribution is -0.118. The Morgan fingerprint density at radius 2 is 2.00 bits per heavy atom. The van der Waals surface area contributed by atoms with Crippen LogP contribution in [0.3, 0.4) is 0 Å². The van der Waals surface area contributed by atoms with Crippen molar-refractivity contribution in [2.24, 2.45) is 0 Å². The normalized spacial score (nSPS) is 13.3. The van der Waals surface area contributed by atoms with Crippen LogP contribution in [0, 0.1) is 0 Å². The Kier molecular flexibility index (Phi) is 5.69. The van der Waals surface area contributed by atoms with Crippen molar-refractivity contribution in [3.63, 3.8) is 0 Å². The van der Waals surface area contributed by atoms with E-state index in [1.807, 2.05) is 29.6 Å². The maximum absolute atomic E-state index is 12.0. The zero-order valence-corrected chi connectivity index (χ0v) is 16.4. The predicted molar refractivity (Wildman–Crippen MR) is 110 cm³/mol. The Balaban J connectivity index is 1.28. The Bertz CT molecular complexity index is 897. The summed E-state index contributed by atoms with van der Waals surface area (Å²) in [6.07, 6.45) is 1.03. The number of amides is 1. The predicted octanol–water partition coefficient (Wildman–Crippen LogP) is 3.51. The van der Waals surface area contributed by atoms with E-state index in [1.165, 1.54) is 22.9 Å². The molecule has 0 radical (unpaired) electrons. The molecule has 2 aromatic heterocycles. The Morgan fingerprint density at radius 3 is 2.78 bits per heavy atom. The van der Waals surface area contributed by atoms with Gasteiger partial charge in [0.2, 0.25) is 5.91 Å². The minimum Gasteiger partial charge on any atom is -0.350 e. The first-order valence-corrected chi connectivity index (χ1v) is 10.7. The molecule has 1 amide bonds. The molecule has 1 aliphatic heterocycles. The number of aromatic nitrogens is 2. The lowest BCUT2D eigenvalue weighted by atomic mass is 10.00. The Morgan fingerprint density at radius 1 is 1.11 bits per heavy atom. The topological polar surface area (TPSA) is 58.1 Å². The van der Waals surface area contributed by atoms with Crippen LogP contribution in [0.25, 0.3) is 0 Å². The van der Waals surface area contributed by atoms with Crippen LogP contribution in [0.1, 0.15) is 16.0 Å². The monoisotopic (exact) mass is 396 g/mol. The van der Waals surface area contributed by atoms with Gasteiger partial charge in [-0.2, -0.15) is 0 Å². The number of anilines is 1. The molecule has 3 heterocycles. The Labute approximate surface area is 166 Å². The molecule has 5 nitrogen and oxygen atoms in total. The van der Waals surface area contributed by atoms with Gasteiger partial charge in [-0.25, -0.2) is 0 Å². The van der Waals surface area contributed by atoms with Crippen LogP contribution in [-0.2, 0) is 24.3 Å². The average Bonchev–Trinajstić information content (AvgIpc) is 3.24. The number of carbonyl (C=O) groups is 1. The number of carbonyl (C=O) groups excluding carboxylic acids is 1. The summed E-state index contributed by atoms with van der Waals surface area (Å²) < 4.78 is 0. The van der Waals surface area contributed by atoms with E-state index in [-0.39, 0.29) is 5.91 Å². The average molecular weight is 397 g/mol. The van der Waals surface area contributed by atoms with Crippen molar-refractivity contribution in [1.82, 2.24) is 15.5 Å². The summed E-state index contributed by atoms with van der Waals surface area (Å²) in [5, 5.41) is 14.3. The van der Waals surface area contributed by atoms with E-state index >= 15 is 0 Å². The van der Waals surface area contributed by atoms with Crippen molar-refractivity contribution in [2.75, 3.05) is 17.2 Å². The molecule has 1 N–H and O–H groups in total. The highest BCUT2D eigenvalue weighted by Crippen LogP contribution is 2.23. The number of thiophene rings is 1. The highest BCUT2D eigenvalue weighted by Gasteiger charge is 2.17. The van der Waals surface area contributed by atoms with Gasteiger partial charge in [0.25, 0.3) is 0 Å². The fourth-order valence-corrected chi connectivity index (χ4v) is 4.33. The molecule has 0 atom stereocenters. The highest BCUT2D eigenvalue weighted by molar-refractivity contribution is 7.99. The van der Waals surface area contributed by atoms with E-state index in [1.54, 1.807) is 11.3 Å². The summed E-state index contributed by atoms with van der Waals surface area (Å²) in [5.41, 5.74) is 2.77. The maximum atomic E-state index is 12.0. The van der Waals surface area contributed by atoms with Crippen molar-refractivity contribution in [3.05, 3.63) is 69.9 Å². The van der Waals surface area contributed by atoms with Crippen molar-refractivity contribution in [1.29, 1.82) is 0 Å². The van der Waals surface area contributed by atoms with Crippen LogP contribution in [0.15, 0.2) is 58.9 Å². The van der Waals surface area contributed by atoms with E-state index < -0.39 is 0 Å². The third-order valence-corrected chi connectivity index (χ3v) is 6.27. The zero-order chi connectivity index (χ0) is 18.5. The summed E-state index contributed by atoms with van der Waals surface area (Å²) in [7, 11) is 0. The van der Waals surface area contributed by atoms with E-state index in [4.69, 9.17) is 0 Å². The van der Waals surface area contributed by atoms with E-state index in [0.717, 1.165) is 35.2 Å². The molecule has 1 aliphatic rings. The summed E-state index contributed by atoms with van der Waals surface area (Å²) >= 11 is 3.05. The van der Waals surface area contributed by atoms with E-state index in [0.29, 0.717) is 12.3 Å². The van der Waals surface area contributed by atoms with Gasteiger partial charge in [0.1, 0.15) is 5.03 Å². The molecule has 4 rings (SSSR count). The second-order valence-electron chi connectivity index (χ2n) is 6.31. The van der Waals surface area contributed by atoms with Crippen molar-refractivity contribution >= 4 is 34.8 Å². The minimum absolute atomic E-state index is 0.00640. The summed E-state index contributed by atoms with van der Waals surface area (Å²) in [6, 6.07) is 16.5. The molecular weight excluding hydrogens is 376 g/mol. The van der Waals surface area contributed by atoms with Gasteiger partial charge in [-0.3, -0.25) is 4.79 Å². The van der Waals surface area contributed by atoms with Gasteiger partial charge in [0.15, 0.2) is 5.82 Å². The largest absolute Gasteiger partial charge is 0.350 e. The van der Waals surface area contributed by atoms with E-state index in [9.17, 15) is 4.79 Å². The van der Waals surface area contributed by atoms with Gasteiger partial charge < -0.3 is 10.2 Å². The first kappa shape index (κ1) is 18.0. The van der Waals surface area contributed by atoms with Crippen molar-refractivity contribution < 1.29 is 4.79 Å². The molecule has 0 aliphatic carbocycles. The van der Waals surface area contributed by atoms with Crippen LogP contribution in [0.2, 0.25) is 0 Å². The molecule has 0 saturated heterocycles. The number of hydrogen-bond acceptors (Lipinski definition) is 6. The molecule has 0 fully saturated rings. The summed E-state index contributed by atoms with van der Waals surface area (Å²) in [5.74, 6) is 1.24. The molecule has 0 bridgehead atoms. The standard InChI is InChI=1S/C20H20N4OS2/c25-19(21-12-17-6-3-11-26-17)14-27-20-8-7-18(22-23-20)24-10-9-15-4-1-2-5-16(15)13-24/h1-8,11H,9-10,12-14H2,(H,21,25). The maximum Gasteiger partial charge on any atom is 0.230 e. The number of rotatable bonds is 6. The zero-order valence-electron chi connectivity index (χ0n) is 14.8. The second-order valence-corrected chi connectivity index (χ2v) is 8.34. The minimum atomic E-state index is 0.00640. The molecule has 138 valence electrons. The SMILES string of the molecule is O=C(CSc1ccc(N2CCc3ccccc3C2)nn1)NCc1cccs1. The number of nitrogens with zero attached hydrogens (tertiary/aromatic N) is 3. The summed E-state index contributed by atoms with van der Waals surface area (Å²) in [6.45, 7) is 2.39. The van der Waals surface area contributed by atoms with Gasteiger partial charge in [-0.15, -0.1) is 21.5 Å². The van der Waals surface area contributed by atoms with Crippen LogP contribution >= 0.6 is 23.1 Å². The van der Waals surface area contributed by atoms with Gasteiger partial charge in [0, 0.05) is 18.0 Å². The number of fused-ring (bicyclic) bond motifs is 1. The molecule has 3 aromatic rings.